The van der Waals surface area contributed by atoms with E-state index >= 15 is 0 Å². The second-order valence-corrected chi connectivity index (χ2v) is 7.55. The van der Waals surface area contributed by atoms with Crippen LogP contribution in [0.4, 0.5) is 5.69 Å². The quantitative estimate of drug-likeness (QED) is 0.410. The van der Waals surface area contributed by atoms with Crippen molar-refractivity contribution < 1.29 is 9.53 Å². The summed E-state index contributed by atoms with van der Waals surface area (Å²) in [5.74, 6) is -0.411. The van der Waals surface area contributed by atoms with E-state index < -0.39 is 12.1 Å². The normalized spacial score (nSPS) is 15.5. The lowest BCUT2D eigenvalue weighted by Gasteiger charge is -2.08. The van der Waals surface area contributed by atoms with Crippen LogP contribution in [0.2, 0.25) is 5.02 Å². The number of carbonyl (C=O) groups is 1. The molecule has 5 nitrogen and oxygen atoms in total. The molecule has 1 unspecified atom stereocenters. The third-order valence-corrected chi connectivity index (χ3v) is 5.26. The topological polar surface area (TPSA) is 56.2 Å². The van der Waals surface area contributed by atoms with Crippen molar-refractivity contribution in [1.82, 2.24) is 9.78 Å². The van der Waals surface area contributed by atoms with Gasteiger partial charge in [0.1, 0.15) is 5.70 Å². The third kappa shape index (κ3) is 3.96. The van der Waals surface area contributed by atoms with Gasteiger partial charge < -0.3 is 10.1 Å². The number of hydrogen-bond acceptors (Lipinski definition) is 4. The van der Waals surface area contributed by atoms with E-state index in [2.05, 4.69) is 5.32 Å². The van der Waals surface area contributed by atoms with Gasteiger partial charge in [-0.05, 0) is 42.5 Å². The van der Waals surface area contributed by atoms with Crippen LogP contribution < -0.4 is 5.32 Å². The molecule has 0 fully saturated rings. The predicted molar refractivity (Wildman–Crippen MR) is 121 cm³/mol. The highest BCUT2D eigenvalue weighted by molar-refractivity contribution is 6.30. The maximum Gasteiger partial charge on any atom is 0.355 e. The molecule has 1 aliphatic heterocycles. The Labute approximate surface area is 184 Å². The van der Waals surface area contributed by atoms with E-state index in [1.54, 1.807) is 18.2 Å². The van der Waals surface area contributed by atoms with E-state index in [1.165, 1.54) is 0 Å². The molecular formula is C25H18ClN3O2. The van der Waals surface area contributed by atoms with E-state index in [1.807, 2.05) is 83.7 Å². The second-order valence-electron chi connectivity index (χ2n) is 7.12. The van der Waals surface area contributed by atoms with Gasteiger partial charge in [0, 0.05) is 28.0 Å². The van der Waals surface area contributed by atoms with Gasteiger partial charge in [-0.15, -0.1) is 0 Å². The Morgan fingerprint density at radius 1 is 0.903 bits per heavy atom. The molecule has 0 radical (unpaired) electrons. The van der Waals surface area contributed by atoms with Crippen molar-refractivity contribution in [3.63, 3.8) is 0 Å². The van der Waals surface area contributed by atoms with Gasteiger partial charge >= 0.3 is 5.97 Å². The maximum atomic E-state index is 12.5. The van der Waals surface area contributed by atoms with Crippen LogP contribution in [0.15, 0.2) is 103 Å². The number of hydrogen-bond donors (Lipinski definition) is 1. The van der Waals surface area contributed by atoms with E-state index in [0.29, 0.717) is 10.7 Å². The molecular weight excluding hydrogens is 410 g/mol. The van der Waals surface area contributed by atoms with Crippen LogP contribution in [0.1, 0.15) is 11.7 Å². The standard InChI is InChI=1S/C25H18ClN3O2/c26-18-11-13-19(14-12-18)27-22-15-23(31-25(22)30)21-16-29(20-9-5-2-6-10-20)28-24(21)17-7-3-1-4-8-17/h1-16,23,27H. The van der Waals surface area contributed by atoms with Crippen molar-refractivity contribution in [2.75, 3.05) is 5.32 Å². The molecule has 0 aliphatic carbocycles. The highest BCUT2D eigenvalue weighted by Gasteiger charge is 2.30. The smallest absolute Gasteiger partial charge is 0.355 e. The summed E-state index contributed by atoms with van der Waals surface area (Å²) in [6.07, 6.45) is 3.16. The number of nitrogens with zero attached hydrogens (tertiary/aromatic N) is 2. The fourth-order valence-electron chi connectivity index (χ4n) is 3.50. The molecule has 2 heterocycles. The number of para-hydroxylation sites is 1. The number of esters is 1. The molecule has 4 aromatic rings. The maximum absolute atomic E-state index is 12.5. The Morgan fingerprint density at radius 2 is 1.58 bits per heavy atom. The summed E-state index contributed by atoms with van der Waals surface area (Å²) in [6.45, 7) is 0. The molecule has 1 aliphatic rings. The van der Waals surface area contributed by atoms with Crippen LogP contribution in [0, 0.1) is 0 Å². The van der Waals surface area contributed by atoms with Crippen LogP contribution >= 0.6 is 11.6 Å². The van der Waals surface area contributed by atoms with Crippen molar-refractivity contribution in [2.45, 2.75) is 6.10 Å². The lowest BCUT2D eigenvalue weighted by molar-refractivity contribution is -0.139. The molecule has 0 saturated heterocycles. The summed E-state index contributed by atoms with van der Waals surface area (Å²) < 4.78 is 7.50. The summed E-state index contributed by atoms with van der Waals surface area (Å²) in [6, 6.07) is 26.9. The van der Waals surface area contributed by atoms with Gasteiger partial charge in [-0.25, -0.2) is 9.48 Å². The molecule has 1 N–H and O–H groups in total. The Kier molecular flexibility index (Phi) is 5.02. The zero-order chi connectivity index (χ0) is 21.2. The number of halogens is 1. The van der Waals surface area contributed by atoms with E-state index in [-0.39, 0.29) is 0 Å². The molecule has 0 bridgehead atoms. The zero-order valence-corrected chi connectivity index (χ0v) is 17.2. The Morgan fingerprint density at radius 3 is 2.29 bits per heavy atom. The van der Waals surface area contributed by atoms with E-state index in [9.17, 15) is 4.79 Å². The monoisotopic (exact) mass is 427 g/mol. The molecule has 1 aromatic heterocycles. The van der Waals surface area contributed by atoms with Gasteiger partial charge in [0.15, 0.2) is 6.10 Å². The van der Waals surface area contributed by atoms with Gasteiger partial charge in [-0.2, -0.15) is 5.10 Å². The van der Waals surface area contributed by atoms with E-state index in [0.717, 1.165) is 28.2 Å². The molecule has 3 aromatic carbocycles. The Balaban J connectivity index is 1.53. The second kappa shape index (κ2) is 8.13. The van der Waals surface area contributed by atoms with Crippen molar-refractivity contribution in [3.8, 4) is 16.9 Å². The first kappa shape index (κ1) is 19.2. The van der Waals surface area contributed by atoms with Crippen molar-refractivity contribution in [1.29, 1.82) is 0 Å². The van der Waals surface area contributed by atoms with Crippen molar-refractivity contribution >= 4 is 23.3 Å². The number of benzene rings is 3. The van der Waals surface area contributed by atoms with Crippen molar-refractivity contribution in [3.05, 3.63) is 113 Å². The van der Waals surface area contributed by atoms with Crippen molar-refractivity contribution in [2.24, 2.45) is 0 Å². The number of ether oxygens (including phenoxy) is 1. The zero-order valence-electron chi connectivity index (χ0n) is 16.4. The molecule has 0 amide bonds. The van der Waals surface area contributed by atoms with Crippen LogP contribution in [0.25, 0.3) is 16.9 Å². The van der Waals surface area contributed by atoms with E-state index in [4.69, 9.17) is 21.4 Å². The molecule has 1 atom stereocenters. The van der Waals surface area contributed by atoms with Gasteiger partial charge in [0.2, 0.25) is 0 Å². The number of aromatic nitrogens is 2. The summed E-state index contributed by atoms with van der Waals surface area (Å²) in [5, 5.41) is 8.55. The number of carbonyl (C=O) groups excluding carboxylic acids is 1. The van der Waals surface area contributed by atoms with Crippen LogP contribution in [-0.2, 0) is 9.53 Å². The molecule has 0 spiro atoms. The lowest BCUT2D eigenvalue weighted by Crippen LogP contribution is -2.08. The molecule has 5 rings (SSSR count). The highest BCUT2D eigenvalue weighted by Crippen LogP contribution is 2.35. The summed E-state index contributed by atoms with van der Waals surface area (Å²) in [7, 11) is 0. The first-order valence-corrected chi connectivity index (χ1v) is 10.2. The summed E-state index contributed by atoms with van der Waals surface area (Å²) in [5.41, 5.74) is 4.62. The SMILES string of the molecule is O=C1OC(c2cn(-c3ccccc3)nc2-c2ccccc2)C=C1Nc1ccc(Cl)cc1. The average molecular weight is 428 g/mol. The Bertz CT molecular complexity index is 1250. The summed E-state index contributed by atoms with van der Waals surface area (Å²) in [4.78, 5) is 12.5. The first-order valence-electron chi connectivity index (χ1n) is 9.83. The van der Waals surface area contributed by atoms with Gasteiger partial charge in [-0.1, -0.05) is 60.1 Å². The van der Waals surface area contributed by atoms with Crippen LogP contribution in [-0.4, -0.2) is 15.7 Å². The minimum absolute atomic E-state index is 0.388. The first-order chi connectivity index (χ1) is 15.2. The number of cyclic esters (lactones) is 1. The fraction of sp³-hybridized carbons (Fsp3) is 0.0400. The van der Waals surface area contributed by atoms with Crippen LogP contribution in [0.5, 0.6) is 0 Å². The number of nitrogens with one attached hydrogen (secondary N) is 1. The van der Waals surface area contributed by atoms with Gasteiger partial charge in [-0.3, -0.25) is 0 Å². The predicted octanol–water partition coefficient (Wildman–Crippen LogP) is 5.79. The average Bonchev–Trinajstić information content (AvgIpc) is 3.41. The fourth-order valence-corrected chi connectivity index (χ4v) is 3.62. The molecule has 31 heavy (non-hydrogen) atoms. The third-order valence-electron chi connectivity index (χ3n) is 5.01. The molecule has 6 heteroatoms. The minimum Gasteiger partial charge on any atom is -0.448 e. The lowest BCUT2D eigenvalue weighted by atomic mass is 10.0. The highest BCUT2D eigenvalue weighted by atomic mass is 35.5. The van der Waals surface area contributed by atoms with Gasteiger partial charge in [0.25, 0.3) is 0 Å². The number of anilines is 1. The largest absolute Gasteiger partial charge is 0.448 e. The number of rotatable bonds is 5. The minimum atomic E-state index is -0.546. The van der Waals surface area contributed by atoms with Gasteiger partial charge in [0.05, 0.1) is 11.4 Å². The molecule has 152 valence electrons. The molecule has 0 saturated carbocycles. The Hall–Kier alpha value is -3.83. The van der Waals surface area contributed by atoms with Crippen LogP contribution in [0.3, 0.4) is 0 Å². The summed E-state index contributed by atoms with van der Waals surface area (Å²) >= 11 is 5.95.